The third-order valence-electron chi connectivity index (χ3n) is 8.07. The van der Waals surface area contributed by atoms with Gasteiger partial charge in [-0.1, -0.05) is 64.1 Å². The molecule has 13 heteroatoms. The number of rotatable bonds is 8. The Morgan fingerprint density at radius 2 is 1.40 bits per heavy atom. The van der Waals surface area contributed by atoms with Gasteiger partial charge < -0.3 is 5.11 Å². The van der Waals surface area contributed by atoms with E-state index in [1.807, 2.05) is 27.7 Å². The van der Waals surface area contributed by atoms with Gasteiger partial charge in [-0.2, -0.15) is 36.5 Å². The van der Waals surface area contributed by atoms with Gasteiger partial charge >= 0.3 is 12.4 Å². The van der Waals surface area contributed by atoms with Crippen molar-refractivity contribution in [2.24, 2.45) is 11.8 Å². The number of ketones is 1. The maximum atomic E-state index is 15.6. The first-order valence-electron chi connectivity index (χ1n) is 15.1. The number of aliphatic hydroxyl groups is 1. The molecule has 2 aromatic heterocycles. The van der Waals surface area contributed by atoms with Crippen molar-refractivity contribution in [1.82, 2.24) is 10.2 Å². The fraction of sp³-hybridized carbons (Fsp3) is 0.343. The summed E-state index contributed by atoms with van der Waals surface area (Å²) in [5.74, 6) is -0.684. The van der Waals surface area contributed by atoms with E-state index in [0.29, 0.717) is 10.1 Å². The molecule has 1 N–H and O–H groups in total. The number of aliphatic hydroxyl groups excluding tert-OH is 1. The zero-order valence-corrected chi connectivity index (χ0v) is 29.5. The van der Waals surface area contributed by atoms with Crippen molar-refractivity contribution < 1.29 is 60.7 Å². The summed E-state index contributed by atoms with van der Waals surface area (Å²) in [6.45, 7) is 8.07. The Balaban J connectivity index is 0.000000334. The van der Waals surface area contributed by atoms with Crippen LogP contribution < -0.4 is 0 Å². The molecule has 0 saturated carbocycles. The van der Waals surface area contributed by atoms with Crippen molar-refractivity contribution >= 4 is 48.8 Å². The largest absolute Gasteiger partial charge is 0.512 e. The first-order valence-corrected chi connectivity index (χ1v) is 15.9. The number of halogens is 7. The molecule has 0 saturated heterocycles. The minimum atomic E-state index is -5.29. The van der Waals surface area contributed by atoms with Crippen LogP contribution in [0.4, 0.5) is 30.7 Å². The van der Waals surface area contributed by atoms with Crippen LogP contribution in [0.2, 0.25) is 0 Å². The zero-order chi connectivity index (χ0) is 34.7. The number of nitrogens with zero attached hydrogens (tertiary/aromatic N) is 2. The normalized spacial score (nSPS) is 12.5. The topological polar surface area (TPSA) is 63.1 Å². The molecule has 0 amide bonds. The molecule has 4 nitrogen and oxygen atoms in total. The van der Waals surface area contributed by atoms with Gasteiger partial charge in [-0.15, -0.1) is 23.6 Å². The standard InChI is InChI=1S/C22H8F7N2S.C13H24O2.Ir/c23-18-12-7-3-2-6-11(12)17(21(24,25)26)15-16(18)19(30-31-20(15)22(27,28)29)14-9-10-5-1-4-8-13(10)32-14;1-5-10(6-2)12(14)9-13(15)11(7-3)8-4;/h1-8H;9-11,14H,5-8H2,1-4H3;/q-1;;/b;12-9-;. The number of carbonyl (C=O) groups excluding carboxylic acids is 1. The van der Waals surface area contributed by atoms with Crippen molar-refractivity contribution in [2.45, 2.75) is 65.7 Å². The Bertz CT molecular complexity index is 1900. The summed E-state index contributed by atoms with van der Waals surface area (Å²) in [7, 11) is 0. The van der Waals surface area contributed by atoms with Gasteiger partial charge in [0.05, 0.1) is 11.3 Å². The molecule has 0 bridgehead atoms. The molecule has 0 spiro atoms. The van der Waals surface area contributed by atoms with Gasteiger partial charge in [0.2, 0.25) is 0 Å². The molecule has 259 valence electrons. The summed E-state index contributed by atoms with van der Waals surface area (Å²) < 4.78 is 99.7. The molecule has 0 aliphatic rings. The second kappa shape index (κ2) is 15.9. The predicted molar refractivity (Wildman–Crippen MR) is 171 cm³/mol. The van der Waals surface area contributed by atoms with E-state index in [9.17, 15) is 36.2 Å². The first-order chi connectivity index (χ1) is 22.2. The first kappa shape index (κ1) is 39.0. The molecule has 0 aliphatic carbocycles. The van der Waals surface area contributed by atoms with Crippen LogP contribution in [-0.4, -0.2) is 21.1 Å². The summed E-state index contributed by atoms with van der Waals surface area (Å²) in [5.41, 5.74) is -3.92. The summed E-state index contributed by atoms with van der Waals surface area (Å²) in [6, 6.07) is 14.2. The van der Waals surface area contributed by atoms with E-state index in [-0.39, 0.29) is 48.4 Å². The van der Waals surface area contributed by atoms with Gasteiger partial charge in [-0.25, -0.2) is 15.7 Å². The van der Waals surface area contributed by atoms with Crippen LogP contribution in [0.1, 0.15) is 64.6 Å². The number of hydrogen-bond donors (Lipinski definition) is 1. The smallest absolute Gasteiger partial charge is 0.435 e. The van der Waals surface area contributed by atoms with Crippen molar-refractivity contribution in [2.75, 3.05) is 0 Å². The Morgan fingerprint density at radius 1 is 0.833 bits per heavy atom. The number of thiophene rings is 1. The van der Waals surface area contributed by atoms with Crippen LogP contribution in [0.15, 0.2) is 60.4 Å². The van der Waals surface area contributed by atoms with Crippen molar-refractivity contribution in [3.05, 3.63) is 83.5 Å². The number of aromatic nitrogens is 2. The van der Waals surface area contributed by atoms with E-state index in [1.165, 1.54) is 18.2 Å². The Morgan fingerprint density at radius 3 is 1.94 bits per heavy atom. The number of carbonyl (C=O) groups is 1. The van der Waals surface area contributed by atoms with Gasteiger partial charge in [0.15, 0.2) is 11.5 Å². The fourth-order valence-corrected chi connectivity index (χ4v) is 6.51. The molecule has 0 unspecified atom stereocenters. The summed E-state index contributed by atoms with van der Waals surface area (Å²) >= 11 is 1.02. The second-order valence-electron chi connectivity index (χ2n) is 10.9. The molecule has 0 aliphatic heterocycles. The van der Waals surface area contributed by atoms with Gasteiger partial charge in [-0.3, -0.25) is 4.79 Å². The Labute approximate surface area is 290 Å². The van der Waals surface area contributed by atoms with E-state index < -0.39 is 56.7 Å². The van der Waals surface area contributed by atoms with E-state index in [0.717, 1.165) is 49.2 Å². The minimum Gasteiger partial charge on any atom is -0.512 e. The van der Waals surface area contributed by atoms with E-state index in [2.05, 4.69) is 16.3 Å². The Kier molecular flexibility index (Phi) is 12.9. The van der Waals surface area contributed by atoms with Gasteiger partial charge in [0, 0.05) is 59.9 Å². The summed E-state index contributed by atoms with van der Waals surface area (Å²) in [5, 5.41) is 13.6. The number of hydrogen-bond acceptors (Lipinski definition) is 5. The van der Waals surface area contributed by atoms with E-state index in [1.54, 1.807) is 24.3 Å². The molecule has 0 fully saturated rings. The summed E-state index contributed by atoms with van der Waals surface area (Å²) in [4.78, 5) is 11.8. The molecule has 3 aromatic carbocycles. The maximum absolute atomic E-state index is 15.6. The van der Waals surface area contributed by atoms with Crippen LogP contribution >= 0.6 is 11.3 Å². The average molecular weight is 870 g/mol. The third kappa shape index (κ3) is 8.06. The number of alkyl halides is 6. The van der Waals surface area contributed by atoms with Crippen LogP contribution in [0, 0.1) is 23.7 Å². The molecule has 2 heterocycles. The predicted octanol–water partition coefficient (Wildman–Crippen LogP) is 11.5. The van der Waals surface area contributed by atoms with E-state index >= 15 is 4.39 Å². The molecular formula is C35H32F7IrN2O2S-. The molecule has 1 radical (unpaired) electrons. The van der Waals surface area contributed by atoms with Crippen LogP contribution in [0.5, 0.6) is 0 Å². The number of benzene rings is 3. The van der Waals surface area contributed by atoms with E-state index in [4.69, 9.17) is 0 Å². The SMILES string of the molecule is CCC(CC)C(=O)/C=C(\O)C(CC)CC.Fc1c2ccccc2c(C(F)(F)F)c2c(C(F)(F)F)nnc(-c3[c-]c4ccccc4s3)c12.[Ir]. The molecule has 0 atom stereocenters. The molecule has 48 heavy (non-hydrogen) atoms. The zero-order valence-electron chi connectivity index (χ0n) is 26.3. The minimum absolute atomic E-state index is 0. The van der Waals surface area contributed by atoms with Gasteiger partial charge in [0.25, 0.3) is 0 Å². The molecule has 5 rings (SSSR count). The number of allylic oxidation sites excluding steroid dienone is 2. The molecule has 5 aromatic rings. The molecular weight excluding hydrogens is 838 g/mol. The maximum Gasteiger partial charge on any atom is 0.435 e. The average Bonchev–Trinajstić information content (AvgIpc) is 3.45. The van der Waals surface area contributed by atoms with Crippen molar-refractivity contribution in [1.29, 1.82) is 0 Å². The van der Waals surface area contributed by atoms with Crippen LogP contribution in [0.25, 0.3) is 42.2 Å². The summed E-state index contributed by atoms with van der Waals surface area (Å²) in [6.07, 6.45) is -5.60. The third-order valence-corrected chi connectivity index (χ3v) is 9.15. The quantitative estimate of drug-likeness (QED) is 0.0555. The van der Waals surface area contributed by atoms with Crippen molar-refractivity contribution in [3.8, 4) is 10.6 Å². The van der Waals surface area contributed by atoms with Gasteiger partial charge in [0.1, 0.15) is 5.82 Å². The fourth-order valence-electron chi connectivity index (χ4n) is 5.51. The Hall–Kier alpha value is -3.41. The van der Waals surface area contributed by atoms with Gasteiger partial charge in [-0.05, 0) is 40.6 Å². The van der Waals surface area contributed by atoms with Crippen molar-refractivity contribution in [3.63, 3.8) is 0 Å². The van der Waals surface area contributed by atoms with Crippen LogP contribution in [0.3, 0.4) is 0 Å². The second-order valence-corrected chi connectivity index (χ2v) is 12.0. The van der Waals surface area contributed by atoms with Crippen LogP contribution in [-0.2, 0) is 37.3 Å². The number of fused-ring (bicyclic) bond motifs is 3. The monoisotopic (exact) mass is 870 g/mol.